The van der Waals surface area contributed by atoms with Gasteiger partial charge in [0.2, 0.25) is 0 Å². The van der Waals surface area contributed by atoms with Gasteiger partial charge in [0.1, 0.15) is 0 Å². The number of hydrogen-bond acceptors (Lipinski definition) is 3. The van der Waals surface area contributed by atoms with Crippen molar-refractivity contribution in [3.63, 3.8) is 0 Å². The minimum Gasteiger partial charge on any atom is -0.481 e. The molecule has 2 aromatic rings. The highest BCUT2D eigenvalue weighted by Gasteiger charge is 2.09. The smallest absolute Gasteiger partial charge is 0.303 e. The Kier molecular flexibility index (Phi) is 5.03. The topological polar surface area (TPSA) is 83.5 Å². The van der Waals surface area contributed by atoms with E-state index in [0.29, 0.717) is 16.8 Å². The predicted molar refractivity (Wildman–Crippen MR) is 82.0 cm³/mol. The van der Waals surface area contributed by atoms with Crippen LogP contribution >= 0.6 is 0 Å². The maximum absolute atomic E-state index is 12.0. The summed E-state index contributed by atoms with van der Waals surface area (Å²) >= 11 is 0. The number of nitrogens with one attached hydrogen (secondary N) is 1. The molecule has 22 heavy (non-hydrogen) atoms. The van der Waals surface area contributed by atoms with E-state index in [1.54, 1.807) is 48.5 Å². The first-order valence-corrected chi connectivity index (χ1v) is 6.78. The van der Waals surface area contributed by atoms with Gasteiger partial charge in [0.05, 0.1) is 6.42 Å². The van der Waals surface area contributed by atoms with Gasteiger partial charge in [-0.2, -0.15) is 0 Å². The molecule has 0 spiro atoms. The second kappa shape index (κ2) is 7.17. The van der Waals surface area contributed by atoms with Crippen molar-refractivity contribution in [1.29, 1.82) is 0 Å². The Labute approximate surface area is 127 Å². The maximum Gasteiger partial charge on any atom is 0.303 e. The Morgan fingerprint density at radius 2 is 1.45 bits per heavy atom. The molecule has 0 bridgehead atoms. The number of Topliss-reactive ketones (excluding diaryl/α,β-unsaturated/α-hetero) is 1. The minimum absolute atomic E-state index is 0.0367. The molecule has 0 saturated carbocycles. The zero-order chi connectivity index (χ0) is 15.9. The standard InChI is InChI=1S/C17H15NO4/c19-15(10-11-16(20)21)12-6-8-14(9-7-12)18-17(22)13-4-2-1-3-5-13/h1-9H,10-11H2,(H,18,22)(H,20,21). The first kappa shape index (κ1) is 15.4. The van der Waals surface area contributed by atoms with E-state index in [1.165, 1.54) is 0 Å². The van der Waals surface area contributed by atoms with E-state index in [-0.39, 0.29) is 24.5 Å². The van der Waals surface area contributed by atoms with Gasteiger partial charge in [0.15, 0.2) is 5.78 Å². The van der Waals surface area contributed by atoms with Crippen LogP contribution in [0.25, 0.3) is 0 Å². The molecule has 5 heteroatoms. The van der Waals surface area contributed by atoms with Crippen LogP contribution in [0, 0.1) is 0 Å². The molecule has 1 amide bonds. The number of carboxylic acid groups (broad SMARTS) is 1. The lowest BCUT2D eigenvalue weighted by Crippen LogP contribution is -2.11. The Balaban J connectivity index is 1.98. The third-order valence-electron chi connectivity index (χ3n) is 3.07. The summed E-state index contributed by atoms with van der Waals surface area (Å²) in [5, 5.41) is 11.3. The fourth-order valence-corrected chi connectivity index (χ4v) is 1.90. The van der Waals surface area contributed by atoms with E-state index in [4.69, 9.17) is 5.11 Å². The van der Waals surface area contributed by atoms with Gasteiger partial charge in [0.25, 0.3) is 5.91 Å². The van der Waals surface area contributed by atoms with Crippen LogP contribution in [0.1, 0.15) is 33.6 Å². The van der Waals surface area contributed by atoms with E-state index >= 15 is 0 Å². The average molecular weight is 297 g/mol. The van der Waals surface area contributed by atoms with Gasteiger partial charge in [-0.05, 0) is 36.4 Å². The Bertz CT molecular complexity index is 678. The Morgan fingerprint density at radius 1 is 0.818 bits per heavy atom. The van der Waals surface area contributed by atoms with Crippen LogP contribution in [-0.4, -0.2) is 22.8 Å². The molecule has 2 aromatic carbocycles. The molecule has 0 aliphatic heterocycles. The summed E-state index contributed by atoms with van der Waals surface area (Å²) in [6, 6.07) is 15.2. The number of carbonyl (C=O) groups excluding carboxylic acids is 2. The van der Waals surface area contributed by atoms with Gasteiger partial charge in [-0.1, -0.05) is 18.2 Å². The van der Waals surface area contributed by atoms with Gasteiger partial charge in [-0.25, -0.2) is 0 Å². The lowest BCUT2D eigenvalue weighted by molar-refractivity contribution is -0.136. The molecule has 0 aromatic heterocycles. The van der Waals surface area contributed by atoms with E-state index < -0.39 is 5.97 Å². The molecule has 2 rings (SSSR count). The fourth-order valence-electron chi connectivity index (χ4n) is 1.90. The van der Waals surface area contributed by atoms with Crippen molar-refractivity contribution in [3.8, 4) is 0 Å². The summed E-state index contributed by atoms with van der Waals surface area (Å²) in [6.45, 7) is 0. The number of aliphatic carboxylic acids is 1. The van der Waals surface area contributed by atoms with Crippen molar-refractivity contribution in [1.82, 2.24) is 0 Å². The number of rotatable bonds is 6. The van der Waals surface area contributed by atoms with Gasteiger partial charge >= 0.3 is 5.97 Å². The highest BCUT2D eigenvalue weighted by molar-refractivity contribution is 6.04. The second-order valence-corrected chi connectivity index (χ2v) is 4.71. The Hall–Kier alpha value is -2.95. The van der Waals surface area contributed by atoms with Gasteiger partial charge < -0.3 is 10.4 Å². The number of amides is 1. The number of carbonyl (C=O) groups is 3. The van der Waals surface area contributed by atoms with Crippen LogP contribution in [0.3, 0.4) is 0 Å². The fraction of sp³-hybridized carbons (Fsp3) is 0.118. The number of ketones is 1. The Morgan fingerprint density at radius 3 is 2.05 bits per heavy atom. The van der Waals surface area contributed by atoms with Gasteiger partial charge in [-0.15, -0.1) is 0 Å². The molecule has 112 valence electrons. The summed E-state index contributed by atoms with van der Waals surface area (Å²) < 4.78 is 0. The van der Waals surface area contributed by atoms with Crippen molar-refractivity contribution in [2.24, 2.45) is 0 Å². The molecule has 0 saturated heterocycles. The minimum atomic E-state index is -1.000. The van der Waals surface area contributed by atoms with Crippen LogP contribution < -0.4 is 5.32 Å². The van der Waals surface area contributed by atoms with Crippen LogP contribution in [0.15, 0.2) is 54.6 Å². The van der Waals surface area contributed by atoms with Crippen molar-refractivity contribution in [3.05, 3.63) is 65.7 Å². The summed E-state index contributed by atoms with van der Waals surface area (Å²) in [5.41, 5.74) is 1.55. The first-order valence-electron chi connectivity index (χ1n) is 6.78. The maximum atomic E-state index is 12.0. The van der Waals surface area contributed by atoms with Crippen LogP contribution in [0.5, 0.6) is 0 Å². The van der Waals surface area contributed by atoms with Crippen LogP contribution in [-0.2, 0) is 4.79 Å². The molecular weight excluding hydrogens is 282 g/mol. The van der Waals surface area contributed by atoms with Crippen LogP contribution in [0.4, 0.5) is 5.69 Å². The quantitative estimate of drug-likeness (QED) is 0.803. The third-order valence-corrected chi connectivity index (χ3v) is 3.07. The lowest BCUT2D eigenvalue weighted by atomic mass is 10.1. The number of carboxylic acids is 1. The van der Waals surface area contributed by atoms with Crippen molar-refractivity contribution in [2.75, 3.05) is 5.32 Å². The molecule has 0 aliphatic carbocycles. The van der Waals surface area contributed by atoms with Crippen molar-refractivity contribution >= 4 is 23.3 Å². The molecule has 0 radical (unpaired) electrons. The molecular formula is C17H15NO4. The van der Waals surface area contributed by atoms with Crippen molar-refractivity contribution < 1.29 is 19.5 Å². The van der Waals surface area contributed by atoms with E-state index in [0.717, 1.165) is 0 Å². The molecule has 2 N–H and O–H groups in total. The summed E-state index contributed by atoms with van der Waals surface area (Å²) in [7, 11) is 0. The third kappa shape index (κ3) is 4.28. The summed E-state index contributed by atoms with van der Waals surface area (Å²) in [6.07, 6.45) is -0.226. The van der Waals surface area contributed by atoms with Crippen molar-refractivity contribution in [2.45, 2.75) is 12.8 Å². The first-order chi connectivity index (χ1) is 10.6. The van der Waals surface area contributed by atoms with E-state index in [9.17, 15) is 14.4 Å². The highest BCUT2D eigenvalue weighted by atomic mass is 16.4. The zero-order valence-corrected chi connectivity index (χ0v) is 11.8. The van der Waals surface area contributed by atoms with E-state index in [2.05, 4.69) is 5.32 Å². The number of anilines is 1. The molecule has 5 nitrogen and oxygen atoms in total. The monoisotopic (exact) mass is 297 g/mol. The number of benzene rings is 2. The van der Waals surface area contributed by atoms with Gasteiger partial charge in [-0.3, -0.25) is 14.4 Å². The molecule has 0 heterocycles. The second-order valence-electron chi connectivity index (χ2n) is 4.71. The van der Waals surface area contributed by atoms with Crippen LogP contribution in [0.2, 0.25) is 0 Å². The molecule has 0 fully saturated rings. The normalized spacial score (nSPS) is 10.0. The largest absolute Gasteiger partial charge is 0.481 e. The van der Waals surface area contributed by atoms with E-state index in [1.807, 2.05) is 6.07 Å². The van der Waals surface area contributed by atoms with Gasteiger partial charge in [0, 0.05) is 23.2 Å². The molecule has 0 aliphatic rings. The highest BCUT2D eigenvalue weighted by Crippen LogP contribution is 2.13. The SMILES string of the molecule is O=C(O)CCC(=O)c1ccc(NC(=O)c2ccccc2)cc1. The summed E-state index contributed by atoms with van der Waals surface area (Å²) in [4.78, 5) is 34.2. The molecule has 0 unspecified atom stereocenters. The predicted octanol–water partition coefficient (Wildman–Crippen LogP) is 2.99. The zero-order valence-electron chi connectivity index (χ0n) is 11.8. The molecule has 0 atom stereocenters. The average Bonchev–Trinajstić information content (AvgIpc) is 2.54. The number of hydrogen-bond donors (Lipinski definition) is 2. The lowest BCUT2D eigenvalue weighted by Gasteiger charge is -2.06. The summed E-state index contributed by atoms with van der Waals surface area (Å²) in [5.74, 6) is -1.46.